The molecule has 0 heterocycles. The standard InChI is InChI=1S/C31H46N2O3S/c1-2-3-4-5-11-14-25-35-29-21-17-27(18-22-29)32-33-28-19-23-30(24-20-28)36-31(34)16-13-10-8-6-7-9-12-15-26-37/h17-24,37H,2-16,25-26H2,1H3. The van der Waals surface area contributed by atoms with Crippen LogP contribution >= 0.6 is 12.6 Å². The highest BCUT2D eigenvalue weighted by molar-refractivity contribution is 7.80. The second kappa shape index (κ2) is 20.7. The summed E-state index contributed by atoms with van der Waals surface area (Å²) >= 11 is 4.24. The first kappa shape index (κ1) is 30.9. The third-order valence-electron chi connectivity index (χ3n) is 6.24. The molecule has 0 aliphatic rings. The number of hydrogen-bond acceptors (Lipinski definition) is 6. The van der Waals surface area contributed by atoms with Gasteiger partial charge in [0.2, 0.25) is 0 Å². The van der Waals surface area contributed by atoms with E-state index in [9.17, 15) is 4.79 Å². The van der Waals surface area contributed by atoms with E-state index in [2.05, 4.69) is 29.8 Å². The Labute approximate surface area is 229 Å². The molecular weight excluding hydrogens is 480 g/mol. The van der Waals surface area contributed by atoms with Crippen molar-refractivity contribution in [1.29, 1.82) is 0 Å². The molecule has 0 N–H and O–H groups in total. The molecule has 0 fully saturated rings. The minimum Gasteiger partial charge on any atom is -0.494 e. The van der Waals surface area contributed by atoms with Gasteiger partial charge < -0.3 is 9.47 Å². The van der Waals surface area contributed by atoms with Crippen LogP contribution in [-0.4, -0.2) is 18.3 Å². The van der Waals surface area contributed by atoms with Gasteiger partial charge in [-0.05, 0) is 73.5 Å². The van der Waals surface area contributed by atoms with Crippen LogP contribution in [0.1, 0.15) is 103 Å². The van der Waals surface area contributed by atoms with Crippen molar-refractivity contribution in [2.45, 2.75) is 103 Å². The van der Waals surface area contributed by atoms with E-state index in [1.165, 1.54) is 70.6 Å². The van der Waals surface area contributed by atoms with E-state index in [-0.39, 0.29) is 5.97 Å². The molecule has 0 unspecified atom stereocenters. The molecule has 0 amide bonds. The molecular formula is C31H46N2O3S. The van der Waals surface area contributed by atoms with Crippen molar-refractivity contribution in [2.75, 3.05) is 12.4 Å². The number of carbonyl (C=O) groups is 1. The molecule has 204 valence electrons. The van der Waals surface area contributed by atoms with Crippen LogP contribution in [0.15, 0.2) is 58.8 Å². The fourth-order valence-electron chi connectivity index (χ4n) is 4.00. The fourth-order valence-corrected chi connectivity index (χ4v) is 4.23. The maximum Gasteiger partial charge on any atom is 0.311 e. The van der Waals surface area contributed by atoms with Crippen molar-refractivity contribution in [2.24, 2.45) is 10.2 Å². The second-order valence-electron chi connectivity index (χ2n) is 9.58. The third-order valence-corrected chi connectivity index (χ3v) is 6.56. The SMILES string of the molecule is CCCCCCCCOc1ccc(N=Nc2ccc(OC(=O)CCCCCCCCCCS)cc2)cc1. The molecule has 2 rings (SSSR count). The number of benzene rings is 2. The Morgan fingerprint density at radius 3 is 1.70 bits per heavy atom. The van der Waals surface area contributed by atoms with Gasteiger partial charge in [-0.2, -0.15) is 22.9 Å². The van der Waals surface area contributed by atoms with Crippen LogP contribution in [0.4, 0.5) is 11.4 Å². The summed E-state index contributed by atoms with van der Waals surface area (Å²) in [5, 5.41) is 8.57. The van der Waals surface area contributed by atoms with Crippen molar-refractivity contribution in [3.8, 4) is 11.5 Å². The summed E-state index contributed by atoms with van der Waals surface area (Å²) in [4.78, 5) is 12.1. The lowest BCUT2D eigenvalue weighted by molar-refractivity contribution is -0.134. The van der Waals surface area contributed by atoms with Gasteiger partial charge in [0.1, 0.15) is 11.5 Å². The molecule has 0 saturated carbocycles. The fraction of sp³-hybridized carbons (Fsp3) is 0.581. The van der Waals surface area contributed by atoms with Gasteiger partial charge in [-0.1, -0.05) is 77.6 Å². The van der Waals surface area contributed by atoms with Gasteiger partial charge in [0.25, 0.3) is 0 Å². The summed E-state index contributed by atoms with van der Waals surface area (Å²) in [6.07, 6.45) is 17.4. The van der Waals surface area contributed by atoms with E-state index in [0.717, 1.165) is 43.1 Å². The van der Waals surface area contributed by atoms with Gasteiger partial charge in [-0.15, -0.1) is 0 Å². The lowest BCUT2D eigenvalue weighted by atomic mass is 10.1. The van der Waals surface area contributed by atoms with Crippen LogP contribution < -0.4 is 9.47 Å². The van der Waals surface area contributed by atoms with Crippen molar-refractivity contribution in [1.82, 2.24) is 0 Å². The summed E-state index contributed by atoms with van der Waals surface area (Å²) in [5.41, 5.74) is 1.47. The molecule has 0 bridgehead atoms. The summed E-state index contributed by atoms with van der Waals surface area (Å²) in [6, 6.07) is 14.8. The minimum absolute atomic E-state index is 0.179. The first-order valence-electron chi connectivity index (χ1n) is 14.3. The zero-order valence-electron chi connectivity index (χ0n) is 22.7. The van der Waals surface area contributed by atoms with Crippen molar-refractivity contribution in [3.05, 3.63) is 48.5 Å². The maximum absolute atomic E-state index is 12.1. The van der Waals surface area contributed by atoms with E-state index in [1.54, 1.807) is 24.3 Å². The Morgan fingerprint density at radius 2 is 1.14 bits per heavy atom. The highest BCUT2D eigenvalue weighted by Crippen LogP contribution is 2.23. The molecule has 0 atom stereocenters. The molecule has 0 radical (unpaired) electrons. The number of unbranched alkanes of at least 4 members (excludes halogenated alkanes) is 12. The number of azo groups is 1. The molecule has 37 heavy (non-hydrogen) atoms. The van der Waals surface area contributed by atoms with Crippen LogP contribution in [-0.2, 0) is 4.79 Å². The normalized spacial score (nSPS) is 11.2. The number of nitrogens with zero attached hydrogens (tertiary/aromatic N) is 2. The van der Waals surface area contributed by atoms with Gasteiger partial charge >= 0.3 is 5.97 Å². The summed E-state index contributed by atoms with van der Waals surface area (Å²) < 4.78 is 11.3. The second-order valence-corrected chi connectivity index (χ2v) is 10.0. The molecule has 2 aromatic rings. The minimum atomic E-state index is -0.179. The average Bonchev–Trinajstić information content (AvgIpc) is 2.92. The number of rotatable bonds is 21. The molecule has 5 nitrogen and oxygen atoms in total. The van der Waals surface area contributed by atoms with Crippen molar-refractivity contribution >= 4 is 30.0 Å². The Hall–Kier alpha value is -2.34. The molecule has 0 aromatic heterocycles. The number of esters is 1. The quantitative estimate of drug-likeness (QED) is 0.0578. The van der Waals surface area contributed by atoms with Crippen LogP contribution in [0.25, 0.3) is 0 Å². The Morgan fingerprint density at radius 1 is 0.649 bits per heavy atom. The molecule has 0 spiro atoms. The smallest absolute Gasteiger partial charge is 0.311 e. The largest absolute Gasteiger partial charge is 0.494 e. The zero-order chi connectivity index (χ0) is 26.4. The van der Waals surface area contributed by atoms with Gasteiger partial charge in [0.15, 0.2) is 0 Å². The Kier molecular flexibility index (Phi) is 17.3. The lowest BCUT2D eigenvalue weighted by Gasteiger charge is -2.06. The molecule has 2 aromatic carbocycles. The monoisotopic (exact) mass is 526 g/mol. The lowest BCUT2D eigenvalue weighted by Crippen LogP contribution is -2.07. The topological polar surface area (TPSA) is 60.3 Å². The van der Waals surface area contributed by atoms with Gasteiger partial charge in [-0.3, -0.25) is 4.79 Å². The predicted molar refractivity (Wildman–Crippen MR) is 157 cm³/mol. The summed E-state index contributed by atoms with van der Waals surface area (Å²) in [7, 11) is 0. The maximum atomic E-state index is 12.1. The zero-order valence-corrected chi connectivity index (χ0v) is 23.6. The number of thiol groups is 1. The molecule has 0 saturated heterocycles. The van der Waals surface area contributed by atoms with Gasteiger partial charge in [0.05, 0.1) is 18.0 Å². The number of hydrogen-bond donors (Lipinski definition) is 1. The van der Waals surface area contributed by atoms with E-state index in [4.69, 9.17) is 9.47 Å². The highest BCUT2D eigenvalue weighted by Gasteiger charge is 2.05. The van der Waals surface area contributed by atoms with E-state index in [1.807, 2.05) is 24.3 Å². The Bertz CT molecular complexity index is 869. The molecule has 6 heteroatoms. The Balaban J connectivity index is 1.60. The van der Waals surface area contributed by atoms with Crippen LogP contribution in [0.5, 0.6) is 11.5 Å². The van der Waals surface area contributed by atoms with Crippen LogP contribution in [0.3, 0.4) is 0 Å². The van der Waals surface area contributed by atoms with E-state index >= 15 is 0 Å². The molecule has 0 aliphatic heterocycles. The molecule has 0 aliphatic carbocycles. The first-order valence-corrected chi connectivity index (χ1v) is 14.9. The van der Waals surface area contributed by atoms with Crippen molar-refractivity contribution in [3.63, 3.8) is 0 Å². The number of carbonyl (C=O) groups excluding carboxylic acids is 1. The van der Waals surface area contributed by atoms with Gasteiger partial charge in [0, 0.05) is 6.42 Å². The first-order chi connectivity index (χ1) is 18.2. The van der Waals surface area contributed by atoms with Crippen LogP contribution in [0, 0.1) is 0 Å². The summed E-state index contributed by atoms with van der Waals surface area (Å²) in [5.74, 6) is 2.21. The van der Waals surface area contributed by atoms with Crippen molar-refractivity contribution < 1.29 is 14.3 Å². The van der Waals surface area contributed by atoms with E-state index < -0.39 is 0 Å². The predicted octanol–water partition coefficient (Wildman–Crippen LogP) is 10.2. The van der Waals surface area contributed by atoms with E-state index in [0.29, 0.717) is 17.9 Å². The third kappa shape index (κ3) is 15.5. The highest BCUT2D eigenvalue weighted by atomic mass is 32.1. The summed E-state index contributed by atoms with van der Waals surface area (Å²) in [6.45, 7) is 2.99. The van der Waals surface area contributed by atoms with Gasteiger partial charge in [-0.25, -0.2) is 0 Å². The average molecular weight is 527 g/mol. The number of ether oxygens (including phenoxy) is 2. The van der Waals surface area contributed by atoms with Crippen LogP contribution in [0.2, 0.25) is 0 Å².